The molecule has 0 unspecified atom stereocenters. The molecule has 0 radical (unpaired) electrons. The Kier molecular flexibility index (Phi) is 8.92. The van der Waals surface area contributed by atoms with Gasteiger partial charge in [-0.25, -0.2) is 10.1 Å². The predicted molar refractivity (Wildman–Crippen MR) is 175 cm³/mol. The van der Waals surface area contributed by atoms with Gasteiger partial charge in [-0.1, -0.05) is 61.5 Å². The maximum Gasteiger partial charge on any atom is 0.180 e. The molecule has 0 saturated carbocycles. The number of hydrogen-bond acceptors (Lipinski definition) is 7. The zero-order chi connectivity index (χ0) is 29.1. The topological polar surface area (TPSA) is 120 Å². The predicted octanol–water partition coefficient (Wildman–Crippen LogP) is 6.82. The number of halogens is 1. The Morgan fingerprint density at radius 3 is 2.47 bits per heavy atom. The Morgan fingerprint density at radius 1 is 0.953 bits per heavy atom. The first kappa shape index (κ1) is 29.6. The highest BCUT2D eigenvalue weighted by Gasteiger charge is 2.15. The highest BCUT2D eigenvalue weighted by molar-refractivity contribution is 5.85. The fourth-order valence-corrected chi connectivity index (χ4v) is 5.38. The lowest BCUT2D eigenvalue weighted by Gasteiger charge is -2.13. The Balaban J connectivity index is 0.00000368. The van der Waals surface area contributed by atoms with Gasteiger partial charge in [-0.05, 0) is 69.8 Å². The van der Waals surface area contributed by atoms with Gasteiger partial charge in [0.1, 0.15) is 18.2 Å². The highest BCUT2D eigenvalue weighted by Crippen LogP contribution is 2.31. The van der Waals surface area contributed by atoms with E-state index in [4.69, 9.17) is 15.5 Å². The van der Waals surface area contributed by atoms with Crippen LogP contribution in [-0.4, -0.2) is 37.2 Å². The Labute approximate surface area is 256 Å². The minimum Gasteiger partial charge on any atom is -0.489 e. The normalized spacial score (nSPS) is 11.0. The van der Waals surface area contributed by atoms with E-state index in [1.54, 1.807) is 0 Å². The molecule has 4 N–H and O–H groups in total. The van der Waals surface area contributed by atoms with Gasteiger partial charge in [-0.3, -0.25) is 0 Å². The van der Waals surface area contributed by atoms with E-state index in [9.17, 15) is 0 Å². The monoisotopic (exact) mass is 594 g/mol. The second-order valence-electron chi connectivity index (χ2n) is 10.4. The quantitative estimate of drug-likeness (QED) is 0.149. The van der Waals surface area contributed by atoms with Crippen LogP contribution in [0.2, 0.25) is 0 Å². The second-order valence-corrected chi connectivity index (χ2v) is 10.4. The first-order chi connectivity index (χ1) is 20.5. The Hall–Kier alpha value is -4.89. The lowest BCUT2D eigenvalue weighted by molar-refractivity contribution is 0.306. The van der Waals surface area contributed by atoms with Crippen LogP contribution in [-0.2, 0) is 19.6 Å². The number of imidazole rings is 1. The van der Waals surface area contributed by atoms with Crippen molar-refractivity contribution >= 4 is 34.8 Å². The van der Waals surface area contributed by atoms with Crippen molar-refractivity contribution in [2.24, 2.45) is 0 Å². The van der Waals surface area contributed by atoms with Gasteiger partial charge in [0.2, 0.25) is 0 Å². The average Bonchev–Trinajstić information content (AvgIpc) is 3.67. The van der Waals surface area contributed by atoms with E-state index in [1.807, 2.05) is 43.4 Å². The third kappa shape index (κ3) is 6.17. The number of aryl methyl sites for hydroxylation is 2. The summed E-state index contributed by atoms with van der Waals surface area (Å²) in [5.74, 6) is 2.52. The summed E-state index contributed by atoms with van der Waals surface area (Å²) in [5, 5.41) is 17.6. The number of aromatic amines is 1. The van der Waals surface area contributed by atoms with Crippen LogP contribution in [0.25, 0.3) is 33.5 Å². The summed E-state index contributed by atoms with van der Waals surface area (Å²) in [4.78, 5) is 5.07. The number of H-pyrrole nitrogens is 1. The summed E-state index contributed by atoms with van der Waals surface area (Å²) >= 11 is 0. The number of nitrogens with two attached hydrogens (primary N) is 1. The minimum absolute atomic E-state index is 0. The molecule has 10 heteroatoms. The Bertz CT molecular complexity index is 1830. The first-order valence-corrected chi connectivity index (χ1v) is 14.1. The van der Waals surface area contributed by atoms with Crippen molar-refractivity contribution in [3.05, 3.63) is 101 Å². The van der Waals surface area contributed by atoms with Crippen molar-refractivity contribution in [3.8, 4) is 28.3 Å². The number of anilines is 2. The van der Waals surface area contributed by atoms with Crippen molar-refractivity contribution in [2.75, 3.05) is 18.1 Å². The number of ether oxygens (including phenoxy) is 1. The van der Waals surface area contributed by atoms with E-state index >= 15 is 0 Å². The lowest BCUT2D eigenvalue weighted by Crippen LogP contribution is -2.06. The molecule has 6 rings (SSSR count). The molecule has 6 aromatic rings. The second kappa shape index (κ2) is 13.0. The molecule has 2 heterocycles. The van der Waals surface area contributed by atoms with Crippen molar-refractivity contribution < 1.29 is 4.74 Å². The molecule has 0 amide bonds. The fourth-order valence-electron chi connectivity index (χ4n) is 5.38. The average molecular weight is 595 g/mol. The van der Waals surface area contributed by atoms with Gasteiger partial charge in [-0.15, -0.1) is 17.5 Å². The molecular weight excluding hydrogens is 560 g/mol. The third-order valence-corrected chi connectivity index (χ3v) is 7.49. The van der Waals surface area contributed by atoms with Crippen molar-refractivity contribution in [1.82, 2.24) is 30.2 Å². The van der Waals surface area contributed by atoms with Gasteiger partial charge < -0.3 is 20.4 Å². The largest absolute Gasteiger partial charge is 0.489 e. The van der Waals surface area contributed by atoms with Gasteiger partial charge in [0.25, 0.3) is 0 Å². The van der Waals surface area contributed by atoms with Crippen LogP contribution in [0.1, 0.15) is 35.9 Å². The van der Waals surface area contributed by atoms with Crippen LogP contribution in [0.3, 0.4) is 0 Å². The maximum absolute atomic E-state index is 6.16. The molecule has 4 aromatic carbocycles. The summed E-state index contributed by atoms with van der Waals surface area (Å²) in [6.45, 7) is 5.50. The number of fused-ring (bicyclic) bond motifs is 1. The molecule has 0 saturated heterocycles. The number of nitrogens with one attached hydrogen (secondary N) is 2. The fraction of sp³-hybridized carbons (Fsp3) is 0.212. The van der Waals surface area contributed by atoms with Gasteiger partial charge >= 0.3 is 0 Å². The summed E-state index contributed by atoms with van der Waals surface area (Å²) in [6, 6.07) is 26.9. The molecule has 0 aliphatic rings. The number of benzene rings is 4. The number of nitrogen functional groups attached to an aromatic ring is 1. The van der Waals surface area contributed by atoms with E-state index < -0.39 is 0 Å². The van der Waals surface area contributed by atoms with Crippen LogP contribution >= 0.6 is 12.4 Å². The Morgan fingerprint density at radius 2 is 1.74 bits per heavy atom. The van der Waals surface area contributed by atoms with Crippen molar-refractivity contribution in [3.63, 3.8) is 0 Å². The molecule has 0 bridgehead atoms. The van der Waals surface area contributed by atoms with E-state index in [0.29, 0.717) is 18.1 Å². The minimum atomic E-state index is 0. The van der Waals surface area contributed by atoms with Gasteiger partial charge in [-0.2, -0.15) is 0 Å². The van der Waals surface area contributed by atoms with E-state index in [-0.39, 0.29) is 12.4 Å². The summed E-state index contributed by atoms with van der Waals surface area (Å²) in [5.41, 5.74) is 16.3. The van der Waals surface area contributed by atoms with Crippen LogP contribution in [0, 0.1) is 6.92 Å². The standard InChI is InChI=1S/C33H34N8O.ClH/c1-4-7-31-36-32-21(2)16-23(20-42-25-14-15-28(34)29(18-25)35-3)17-30(32)41(31)19-22-10-12-24(13-11-22)26-8-5-6-9-27(26)33-37-39-40-38-33;/h5-6,8-18,35H,4,7,19-20,34H2,1-3H3,(H,37,38,39,40);1H. The number of hydrogen-bond donors (Lipinski definition) is 3. The van der Waals surface area contributed by atoms with Crippen molar-refractivity contribution in [1.29, 1.82) is 0 Å². The zero-order valence-electron chi connectivity index (χ0n) is 24.5. The van der Waals surface area contributed by atoms with Gasteiger partial charge in [0, 0.05) is 31.6 Å². The molecule has 0 atom stereocenters. The number of aromatic nitrogens is 6. The molecule has 220 valence electrons. The summed E-state index contributed by atoms with van der Waals surface area (Å²) in [7, 11) is 1.85. The molecule has 0 spiro atoms. The molecule has 0 aliphatic heterocycles. The number of nitrogens with zero attached hydrogens (tertiary/aromatic N) is 5. The molecule has 0 aliphatic carbocycles. The van der Waals surface area contributed by atoms with Crippen molar-refractivity contribution in [2.45, 2.75) is 39.8 Å². The molecule has 0 fully saturated rings. The summed E-state index contributed by atoms with van der Waals surface area (Å²) < 4.78 is 8.51. The molecule has 2 aromatic heterocycles. The lowest BCUT2D eigenvalue weighted by atomic mass is 9.98. The third-order valence-electron chi connectivity index (χ3n) is 7.49. The smallest absolute Gasteiger partial charge is 0.180 e. The number of rotatable bonds is 10. The highest BCUT2D eigenvalue weighted by atomic mass is 35.5. The van der Waals surface area contributed by atoms with Crippen LogP contribution in [0.15, 0.2) is 78.9 Å². The molecular formula is C33H35ClN8O. The molecule has 9 nitrogen and oxygen atoms in total. The molecule has 43 heavy (non-hydrogen) atoms. The van der Waals surface area contributed by atoms with E-state index in [0.717, 1.165) is 75.5 Å². The SMILES string of the molecule is CCCc1nc2c(C)cc(COc3ccc(N)c(NC)c3)cc2n1Cc1ccc(-c2ccccc2-c2nnn[nH]2)cc1.Cl. The summed E-state index contributed by atoms with van der Waals surface area (Å²) in [6.07, 6.45) is 1.93. The van der Waals surface area contributed by atoms with E-state index in [2.05, 4.69) is 86.8 Å². The van der Waals surface area contributed by atoms with Crippen LogP contribution in [0.4, 0.5) is 11.4 Å². The van der Waals surface area contributed by atoms with Gasteiger partial charge in [0.15, 0.2) is 5.82 Å². The number of tetrazole rings is 1. The van der Waals surface area contributed by atoms with Crippen LogP contribution < -0.4 is 15.8 Å². The zero-order valence-corrected chi connectivity index (χ0v) is 25.3. The van der Waals surface area contributed by atoms with Crippen LogP contribution in [0.5, 0.6) is 5.75 Å². The first-order valence-electron chi connectivity index (χ1n) is 14.1. The van der Waals surface area contributed by atoms with E-state index in [1.165, 1.54) is 5.56 Å². The maximum atomic E-state index is 6.16. The van der Waals surface area contributed by atoms with Gasteiger partial charge in [0.05, 0.1) is 22.4 Å².